The molecule has 3 aromatic rings. The number of methoxy groups -OCH3 is 3. The van der Waals surface area contributed by atoms with Crippen LogP contribution in [0.25, 0.3) is 10.9 Å². The molecule has 0 radical (unpaired) electrons. The third-order valence-electron chi connectivity index (χ3n) is 6.81. The summed E-state index contributed by atoms with van der Waals surface area (Å²) in [5, 5.41) is 0.783. The fourth-order valence-corrected chi connectivity index (χ4v) is 4.63. The molecule has 0 bridgehead atoms. The lowest BCUT2D eigenvalue weighted by molar-refractivity contribution is -0.138. The number of fused-ring (bicyclic) bond motifs is 1. The second-order valence-electron chi connectivity index (χ2n) is 9.34. The first-order valence-electron chi connectivity index (χ1n) is 12.2. The van der Waals surface area contributed by atoms with E-state index in [1.54, 1.807) is 33.5 Å². The number of hydrogen-bond donors (Lipinski definition) is 0. The number of carbonyl (C=O) groups is 1. The molecule has 2 aromatic carbocycles. The van der Waals surface area contributed by atoms with Gasteiger partial charge in [-0.25, -0.2) is 9.37 Å². The maximum atomic E-state index is 13.4. The number of ether oxygens (including phenoxy) is 3. The van der Waals surface area contributed by atoms with Crippen molar-refractivity contribution < 1.29 is 23.4 Å². The summed E-state index contributed by atoms with van der Waals surface area (Å²) in [6.45, 7) is 0.944. The van der Waals surface area contributed by atoms with Crippen LogP contribution in [0.4, 0.5) is 10.2 Å². The van der Waals surface area contributed by atoms with E-state index in [1.807, 2.05) is 36.0 Å². The third-order valence-corrected chi connectivity index (χ3v) is 6.81. The van der Waals surface area contributed by atoms with Gasteiger partial charge in [-0.3, -0.25) is 4.79 Å². The zero-order valence-corrected chi connectivity index (χ0v) is 21.6. The second-order valence-corrected chi connectivity index (χ2v) is 9.34. The van der Waals surface area contributed by atoms with Crippen LogP contribution in [0.5, 0.6) is 17.2 Å². The molecule has 0 atom stereocenters. The molecule has 1 fully saturated rings. The Bertz CT molecular complexity index is 1230. The standard InChI is InChI=1S/C28H34FN3O4/c1-31(2)27-20(15-22-23(30-27)16-24(34-3)26(36-5)25(22)35-4)17-32(28(33)19-7-6-8-19)14-13-18-9-11-21(29)12-10-18/h9-12,15-16,19H,6-8,13-14,17H2,1-5H3. The molecule has 0 spiro atoms. The molecule has 1 aliphatic carbocycles. The number of rotatable bonds is 10. The Morgan fingerprint density at radius 3 is 2.28 bits per heavy atom. The van der Waals surface area contributed by atoms with Gasteiger partial charge in [0.05, 0.1) is 26.8 Å². The Balaban J connectivity index is 1.73. The Labute approximate surface area is 211 Å². The van der Waals surface area contributed by atoms with Gasteiger partial charge in [0.2, 0.25) is 11.7 Å². The topological polar surface area (TPSA) is 64.1 Å². The van der Waals surface area contributed by atoms with Gasteiger partial charge in [0.15, 0.2) is 11.5 Å². The molecule has 1 aromatic heterocycles. The van der Waals surface area contributed by atoms with Crippen molar-refractivity contribution in [3.8, 4) is 17.2 Å². The molecule has 36 heavy (non-hydrogen) atoms. The summed E-state index contributed by atoms with van der Waals surface area (Å²) in [4.78, 5) is 22.2. The largest absolute Gasteiger partial charge is 0.493 e. The van der Waals surface area contributed by atoms with Gasteiger partial charge in [0, 0.05) is 50.1 Å². The summed E-state index contributed by atoms with van der Waals surface area (Å²) in [5.74, 6) is 2.30. The molecule has 0 aliphatic heterocycles. The minimum Gasteiger partial charge on any atom is -0.493 e. The van der Waals surface area contributed by atoms with Gasteiger partial charge < -0.3 is 24.0 Å². The van der Waals surface area contributed by atoms with Gasteiger partial charge in [-0.05, 0) is 43.0 Å². The van der Waals surface area contributed by atoms with Crippen molar-refractivity contribution in [1.29, 1.82) is 0 Å². The van der Waals surface area contributed by atoms with E-state index in [4.69, 9.17) is 19.2 Å². The van der Waals surface area contributed by atoms with Crippen LogP contribution in [0.1, 0.15) is 30.4 Å². The van der Waals surface area contributed by atoms with Crippen molar-refractivity contribution in [3.05, 3.63) is 53.3 Å². The predicted molar refractivity (Wildman–Crippen MR) is 139 cm³/mol. The average molecular weight is 496 g/mol. The zero-order valence-electron chi connectivity index (χ0n) is 21.6. The summed E-state index contributed by atoms with van der Waals surface area (Å²) >= 11 is 0. The highest BCUT2D eigenvalue weighted by atomic mass is 19.1. The highest BCUT2D eigenvalue weighted by Gasteiger charge is 2.30. The summed E-state index contributed by atoms with van der Waals surface area (Å²) in [6, 6.07) is 10.3. The Hall–Kier alpha value is -3.55. The van der Waals surface area contributed by atoms with Crippen LogP contribution in [0.2, 0.25) is 0 Å². The fourth-order valence-electron chi connectivity index (χ4n) is 4.63. The molecular formula is C28H34FN3O4. The molecular weight excluding hydrogens is 461 g/mol. The molecule has 1 saturated carbocycles. The number of hydrogen-bond acceptors (Lipinski definition) is 6. The second kappa shape index (κ2) is 11.0. The Kier molecular flexibility index (Phi) is 7.82. The van der Waals surface area contributed by atoms with Crippen LogP contribution in [0.15, 0.2) is 36.4 Å². The molecule has 8 heteroatoms. The Morgan fingerprint density at radius 1 is 1.03 bits per heavy atom. The molecule has 0 saturated heterocycles. The fraction of sp³-hybridized carbons (Fsp3) is 0.429. The first kappa shape index (κ1) is 25.5. The molecule has 1 heterocycles. The van der Waals surface area contributed by atoms with Gasteiger partial charge in [0.25, 0.3) is 0 Å². The lowest BCUT2D eigenvalue weighted by Crippen LogP contribution is -2.40. The molecule has 4 rings (SSSR count). The third kappa shape index (κ3) is 5.17. The van der Waals surface area contributed by atoms with Crippen molar-refractivity contribution in [3.63, 3.8) is 0 Å². The van der Waals surface area contributed by atoms with Crippen molar-refractivity contribution in [2.45, 2.75) is 32.2 Å². The molecule has 7 nitrogen and oxygen atoms in total. The zero-order chi connectivity index (χ0) is 25.8. The number of benzene rings is 2. The van der Waals surface area contributed by atoms with E-state index in [0.717, 1.165) is 41.6 Å². The maximum absolute atomic E-state index is 13.4. The summed E-state index contributed by atoms with van der Waals surface area (Å²) in [7, 11) is 8.61. The van der Waals surface area contributed by atoms with Crippen molar-refractivity contribution in [1.82, 2.24) is 9.88 Å². The SMILES string of the molecule is COc1cc2nc(N(C)C)c(CN(CCc3ccc(F)cc3)C(=O)C3CCC3)cc2c(OC)c1OC. The van der Waals surface area contributed by atoms with Gasteiger partial charge in [-0.1, -0.05) is 18.6 Å². The number of pyridine rings is 1. The number of nitrogens with zero attached hydrogens (tertiary/aromatic N) is 3. The lowest BCUT2D eigenvalue weighted by atomic mass is 9.84. The van der Waals surface area contributed by atoms with E-state index >= 15 is 0 Å². The monoisotopic (exact) mass is 495 g/mol. The summed E-state index contributed by atoms with van der Waals surface area (Å²) in [6.07, 6.45) is 3.58. The van der Waals surface area contributed by atoms with Crippen LogP contribution >= 0.6 is 0 Å². The highest BCUT2D eigenvalue weighted by molar-refractivity contribution is 5.92. The van der Waals surface area contributed by atoms with Crippen molar-refractivity contribution >= 4 is 22.6 Å². The van der Waals surface area contributed by atoms with E-state index in [9.17, 15) is 9.18 Å². The minimum atomic E-state index is -0.264. The van der Waals surface area contributed by atoms with Crippen molar-refractivity contribution in [2.75, 3.05) is 46.9 Å². The number of aromatic nitrogens is 1. The molecule has 0 N–H and O–H groups in total. The van der Waals surface area contributed by atoms with Crippen LogP contribution in [-0.2, 0) is 17.8 Å². The summed E-state index contributed by atoms with van der Waals surface area (Å²) < 4.78 is 30.2. The molecule has 1 amide bonds. The van der Waals surface area contributed by atoms with E-state index in [0.29, 0.717) is 42.3 Å². The van der Waals surface area contributed by atoms with E-state index < -0.39 is 0 Å². The van der Waals surface area contributed by atoms with Gasteiger partial charge >= 0.3 is 0 Å². The van der Waals surface area contributed by atoms with E-state index in [2.05, 4.69) is 0 Å². The summed E-state index contributed by atoms with van der Waals surface area (Å²) in [5.41, 5.74) is 2.61. The predicted octanol–water partition coefficient (Wildman–Crippen LogP) is 4.84. The first-order chi connectivity index (χ1) is 17.4. The average Bonchev–Trinajstić information content (AvgIpc) is 2.84. The number of halogens is 1. The first-order valence-corrected chi connectivity index (χ1v) is 12.2. The number of carbonyl (C=O) groups excluding carboxylic acids is 1. The quantitative estimate of drug-likeness (QED) is 0.401. The lowest BCUT2D eigenvalue weighted by Gasteiger charge is -2.32. The molecule has 192 valence electrons. The highest BCUT2D eigenvalue weighted by Crippen LogP contribution is 2.44. The Morgan fingerprint density at radius 2 is 1.72 bits per heavy atom. The van der Waals surface area contributed by atoms with Gasteiger partial charge in [0.1, 0.15) is 11.6 Å². The molecule has 0 unspecified atom stereocenters. The van der Waals surface area contributed by atoms with E-state index in [-0.39, 0.29) is 17.6 Å². The van der Waals surface area contributed by atoms with Crippen molar-refractivity contribution in [2.24, 2.45) is 5.92 Å². The maximum Gasteiger partial charge on any atom is 0.225 e. The number of anilines is 1. The number of amides is 1. The normalized spacial score (nSPS) is 13.3. The van der Waals surface area contributed by atoms with Gasteiger partial charge in [-0.15, -0.1) is 0 Å². The van der Waals surface area contributed by atoms with E-state index in [1.165, 1.54) is 12.1 Å². The van der Waals surface area contributed by atoms with Crippen LogP contribution in [0, 0.1) is 11.7 Å². The molecule has 1 aliphatic rings. The van der Waals surface area contributed by atoms with Gasteiger partial charge in [-0.2, -0.15) is 0 Å². The minimum absolute atomic E-state index is 0.0633. The van der Waals surface area contributed by atoms with Crippen LogP contribution < -0.4 is 19.1 Å². The van der Waals surface area contributed by atoms with Crippen LogP contribution in [-0.4, -0.2) is 57.8 Å². The van der Waals surface area contributed by atoms with Crippen LogP contribution in [0.3, 0.4) is 0 Å². The smallest absolute Gasteiger partial charge is 0.225 e.